The van der Waals surface area contributed by atoms with Crippen LogP contribution in [0.5, 0.6) is 0 Å². The fourth-order valence-corrected chi connectivity index (χ4v) is 3.92. The molecular formula is C30H58O4. The Balaban J connectivity index is 0. The van der Waals surface area contributed by atoms with Gasteiger partial charge in [-0.2, -0.15) is 0 Å². The van der Waals surface area contributed by atoms with E-state index in [0.29, 0.717) is 12.8 Å². The Morgan fingerprint density at radius 3 is 1.09 bits per heavy atom. The van der Waals surface area contributed by atoms with Gasteiger partial charge in [0, 0.05) is 12.8 Å². The van der Waals surface area contributed by atoms with Crippen LogP contribution in [0.25, 0.3) is 0 Å². The lowest BCUT2D eigenvalue weighted by molar-refractivity contribution is -0.138. The van der Waals surface area contributed by atoms with Crippen LogP contribution in [0.4, 0.5) is 0 Å². The highest BCUT2D eigenvalue weighted by atomic mass is 16.4. The third-order valence-electron chi connectivity index (χ3n) is 6.15. The molecule has 0 bridgehead atoms. The molecule has 0 amide bonds. The van der Waals surface area contributed by atoms with Gasteiger partial charge >= 0.3 is 11.9 Å². The number of carboxylic acids is 2. The van der Waals surface area contributed by atoms with E-state index in [0.717, 1.165) is 25.7 Å². The summed E-state index contributed by atoms with van der Waals surface area (Å²) in [5.41, 5.74) is 0. The molecule has 0 heterocycles. The third kappa shape index (κ3) is 38.0. The molecule has 0 saturated heterocycles. The molecule has 0 aromatic heterocycles. The van der Waals surface area contributed by atoms with Crippen molar-refractivity contribution in [3.8, 4) is 0 Å². The van der Waals surface area contributed by atoms with Gasteiger partial charge in [0.1, 0.15) is 0 Å². The van der Waals surface area contributed by atoms with Crippen LogP contribution < -0.4 is 0 Å². The van der Waals surface area contributed by atoms with Gasteiger partial charge < -0.3 is 10.2 Å². The van der Waals surface area contributed by atoms with E-state index in [1.807, 2.05) is 0 Å². The van der Waals surface area contributed by atoms with Crippen molar-refractivity contribution in [2.24, 2.45) is 0 Å². The van der Waals surface area contributed by atoms with Crippen LogP contribution in [0.15, 0.2) is 12.2 Å². The number of carbonyl (C=O) groups is 2. The van der Waals surface area contributed by atoms with Crippen molar-refractivity contribution in [2.75, 3.05) is 0 Å². The van der Waals surface area contributed by atoms with E-state index in [-0.39, 0.29) is 0 Å². The van der Waals surface area contributed by atoms with Gasteiger partial charge in [-0.25, -0.2) is 0 Å². The number of rotatable bonds is 25. The summed E-state index contributed by atoms with van der Waals surface area (Å²) < 4.78 is 0. The number of hydrogen-bond donors (Lipinski definition) is 2. The molecule has 34 heavy (non-hydrogen) atoms. The fourth-order valence-electron chi connectivity index (χ4n) is 3.92. The Bertz CT molecular complexity index is 445. The molecule has 0 rings (SSSR count). The first-order chi connectivity index (χ1) is 16.5. The zero-order valence-electron chi connectivity index (χ0n) is 22.8. The van der Waals surface area contributed by atoms with E-state index in [4.69, 9.17) is 10.2 Å². The van der Waals surface area contributed by atoms with E-state index in [1.165, 1.54) is 116 Å². The Labute approximate surface area is 212 Å². The summed E-state index contributed by atoms with van der Waals surface area (Å²) in [6.45, 7) is 4.47. The molecule has 4 heteroatoms. The zero-order chi connectivity index (χ0) is 25.5. The van der Waals surface area contributed by atoms with Gasteiger partial charge in [0.05, 0.1) is 0 Å². The summed E-state index contributed by atoms with van der Waals surface area (Å²) in [6, 6.07) is 0. The van der Waals surface area contributed by atoms with E-state index in [9.17, 15) is 9.59 Å². The second kappa shape index (κ2) is 31.7. The van der Waals surface area contributed by atoms with Gasteiger partial charge in [-0.05, 0) is 32.1 Å². The van der Waals surface area contributed by atoms with Gasteiger partial charge in [-0.3, -0.25) is 9.59 Å². The smallest absolute Gasteiger partial charge is 0.303 e. The predicted molar refractivity (Wildman–Crippen MR) is 147 cm³/mol. The fraction of sp³-hybridized carbons (Fsp3) is 0.867. The lowest BCUT2D eigenvalue weighted by Crippen LogP contribution is -1.93. The number of allylic oxidation sites excluding steroid dienone is 2. The Morgan fingerprint density at radius 2 is 0.735 bits per heavy atom. The first-order valence-electron chi connectivity index (χ1n) is 14.6. The molecule has 2 N–H and O–H groups in total. The number of hydrogen-bond acceptors (Lipinski definition) is 2. The van der Waals surface area contributed by atoms with Gasteiger partial charge in [0.15, 0.2) is 0 Å². The van der Waals surface area contributed by atoms with E-state index < -0.39 is 11.9 Å². The van der Waals surface area contributed by atoms with Gasteiger partial charge in [0.2, 0.25) is 0 Å². The molecule has 0 aromatic rings. The maximum Gasteiger partial charge on any atom is 0.303 e. The molecule has 0 aliphatic heterocycles. The second-order valence-electron chi connectivity index (χ2n) is 9.70. The third-order valence-corrected chi connectivity index (χ3v) is 6.15. The largest absolute Gasteiger partial charge is 0.481 e. The average molecular weight is 483 g/mol. The average Bonchev–Trinajstić information content (AvgIpc) is 2.80. The van der Waals surface area contributed by atoms with Crippen LogP contribution >= 0.6 is 0 Å². The first kappa shape index (κ1) is 34.8. The molecule has 202 valence electrons. The molecule has 4 nitrogen and oxygen atoms in total. The van der Waals surface area contributed by atoms with E-state index >= 15 is 0 Å². The lowest BCUT2D eigenvalue weighted by atomic mass is 10.0. The standard InChI is InChI=1S/C16H32O2.C14H26O2/c1-2-3-4-5-6-7-8-9-10-11-12-13-14-15-16(17)18;1-2-3-4-5-6-7-8-9-10-11-12-13-14(15)16/h2-15H2,1H3,(H,17,18);5-6H,2-4,7-13H2,1H3,(H,15,16). The molecule has 0 aliphatic rings. The van der Waals surface area contributed by atoms with Crippen molar-refractivity contribution in [2.45, 2.75) is 168 Å². The van der Waals surface area contributed by atoms with E-state index in [2.05, 4.69) is 26.0 Å². The summed E-state index contributed by atoms with van der Waals surface area (Å²) >= 11 is 0. The van der Waals surface area contributed by atoms with Gasteiger partial charge in [-0.15, -0.1) is 0 Å². The summed E-state index contributed by atoms with van der Waals surface area (Å²) in [7, 11) is 0. The van der Waals surface area contributed by atoms with Gasteiger partial charge in [-0.1, -0.05) is 135 Å². The first-order valence-corrected chi connectivity index (χ1v) is 14.6. The van der Waals surface area contributed by atoms with Crippen LogP contribution in [0.2, 0.25) is 0 Å². The summed E-state index contributed by atoms with van der Waals surface area (Å²) in [6.07, 6.45) is 32.7. The molecule has 0 atom stereocenters. The summed E-state index contributed by atoms with van der Waals surface area (Å²) in [4.78, 5) is 20.6. The maximum atomic E-state index is 10.3. The highest BCUT2D eigenvalue weighted by molar-refractivity contribution is 5.66. The number of unbranched alkanes of at least 4 members (excludes halogenated alkanes) is 19. The van der Waals surface area contributed by atoms with Crippen molar-refractivity contribution in [1.29, 1.82) is 0 Å². The van der Waals surface area contributed by atoms with Crippen LogP contribution in [0, 0.1) is 0 Å². The molecule has 0 aromatic carbocycles. The molecule has 0 fully saturated rings. The Morgan fingerprint density at radius 1 is 0.441 bits per heavy atom. The molecule has 0 aliphatic carbocycles. The molecule has 0 unspecified atom stereocenters. The quantitative estimate of drug-likeness (QED) is 0.100. The highest BCUT2D eigenvalue weighted by Crippen LogP contribution is 2.13. The van der Waals surface area contributed by atoms with Crippen LogP contribution in [0.3, 0.4) is 0 Å². The van der Waals surface area contributed by atoms with E-state index in [1.54, 1.807) is 0 Å². The Hall–Kier alpha value is -1.32. The summed E-state index contributed by atoms with van der Waals surface area (Å²) in [5.74, 6) is -1.32. The molecular weight excluding hydrogens is 424 g/mol. The van der Waals surface area contributed by atoms with Crippen molar-refractivity contribution in [3.63, 3.8) is 0 Å². The Kier molecular flexibility index (Phi) is 32.5. The lowest BCUT2D eigenvalue weighted by Gasteiger charge is -2.02. The normalized spacial score (nSPS) is 10.9. The summed E-state index contributed by atoms with van der Waals surface area (Å²) in [5, 5.41) is 16.9. The van der Waals surface area contributed by atoms with Crippen molar-refractivity contribution < 1.29 is 19.8 Å². The SMILES string of the molecule is CCCCC=CCCCCCCCC(=O)O.CCCCCCCCCCCCCCCC(=O)O. The number of aliphatic carboxylic acids is 2. The maximum absolute atomic E-state index is 10.3. The minimum atomic E-state index is -0.668. The molecule has 0 spiro atoms. The van der Waals surface area contributed by atoms with Crippen molar-refractivity contribution in [3.05, 3.63) is 12.2 Å². The topological polar surface area (TPSA) is 74.6 Å². The van der Waals surface area contributed by atoms with Crippen LogP contribution in [-0.4, -0.2) is 22.2 Å². The zero-order valence-corrected chi connectivity index (χ0v) is 22.8. The van der Waals surface area contributed by atoms with Crippen molar-refractivity contribution >= 4 is 11.9 Å². The van der Waals surface area contributed by atoms with Crippen LogP contribution in [0.1, 0.15) is 168 Å². The molecule has 0 radical (unpaired) electrons. The monoisotopic (exact) mass is 482 g/mol. The molecule has 0 saturated carbocycles. The highest BCUT2D eigenvalue weighted by Gasteiger charge is 1.97. The van der Waals surface area contributed by atoms with Crippen molar-refractivity contribution in [1.82, 2.24) is 0 Å². The number of carboxylic acid groups (broad SMARTS) is 2. The minimum absolute atomic E-state index is 0.330. The predicted octanol–water partition coefficient (Wildman–Crippen LogP) is 10.1. The second-order valence-corrected chi connectivity index (χ2v) is 9.70. The van der Waals surface area contributed by atoms with Gasteiger partial charge in [0.25, 0.3) is 0 Å². The minimum Gasteiger partial charge on any atom is -0.481 e. The van der Waals surface area contributed by atoms with Crippen LogP contribution in [-0.2, 0) is 9.59 Å².